The Labute approximate surface area is 141 Å². The zero-order chi connectivity index (χ0) is 17.4. The van der Waals surface area contributed by atoms with Crippen molar-refractivity contribution in [1.82, 2.24) is 0 Å². The summed E-state index contributed by atoms with van der Waals surface area (Å²) in [6.07, 6.45) is 1.79. The molecule has 2 N–H and O–H groups in total. The van der Waals surface area contributed by atoms with E-state index in [1.54, 1.807) is 31.4 Å². The van der Waals surface area contributed by atoms with Crippen molar-refractivity contribution in [3.63, 3.8) is 0 Å². The number of hydrogen-bond donors (Lipinski definition) is 2. The fourth-order valence-electron chi connectivity index (χ4n) is 2.42. The number of carbonyl (C=O) groups excluding carboxylic acids is 1. The molecule has 0 saturated carbocycles. The molecule has 2 aromatic carbocycles. The number of rotatable bonds is 8. The number of aliphatic carboxylic acids is 1. The highest BCUT2D eigenvalue weighted by Crippen LogP contribution is 2.17. The molecule has 0 saturated heterocycles. The highest BCUT2D eigenvalue weighted by molar-refractivity contribution is 5.92. The first-order valence-electron chi connectivity index (χ1n) is 7.81. The number of hydrogen-bond acceptors (Lipinski definition) is 3. The van der Waals surface area contributed by atoms with Gasteiger partial charge in [0.05, 0.1) is 13.5 Å². The predicted molar refractivity (Wildman–Crippen MR) is 92.3 cm³/mol. The number of carboxylic acids is 1. The van der Waals surface area contributed by atoms with E-state index in [-0.39, 0.29) is 12.3 Å². The van der Waals surface area contributed by atoms with Crippen LogP contribution in [0.5, 0.6) is 5.75 Å². The molecular formula is C19H21NO4. The smallest absolute Gasteiger partial charge is 0.307 e. The van der Waals surface area contributed by atoms with Crippen LogP contribution in [0.15, 0.2) is 48.5 Å². The van der Waals surface area contributed by atoms with Gasteiger partial charge >= 0.3 is 5.97 Å². The summed E-state index contributed by atoms with van der Waals surface area (Å²) in [6.45, 7) is 0. The first kappa shape index (κ1) is 17.5. The van der Waals surface area contributed by atoms with Crippen LogP contribution in [-0.2, 0) is 22.4 Å². The SMILES string of the molecule is COc1ccc(CCCC(=O)Nc2ccccc2CC(=O)O)cc1. The van der Waals surface area contributed by atoms with Gasteiger partial charge in [0.1, 0.15) is 5.75 Å². The Kier molecular flexibility index (Phi) is 6.37. The van der Waals surface area contributed by atoms with Crippen molar-refractivity contribution in [3.05, 3.63) is 59.7 Å². The van der Waals surface area contributed by atoms with Gasteiger partial charge in [-0.1, -0.05) is 30.3 Å². The van der Waals surface area contributed by atoms with Crippen LogP contribution in [0.4, 0.5) is 5.69 Å². The lowest BCUT2D eigenvalue weighted by Crippen LogP contribution is -2.14. The van der Waals surface area contributed by atoms with Crippen molar-refractivity contribution in [2.45, 2.75) is 25.7 Å². The quantitative estimate of drug-likeness (QED) is 0.780. The average molecular weight is 327 g/mol. The van der Waals surface area contributed by atoms with Gasteiger partial charge in [0.15, 0.2) is 0 Å². The number of ether oxygens (including phenoxy) is 1. The molecule has 2 rings (SSSR count). The summed E-state index contributed by atoms with van der Waals surface area (Å²) in [7, 11) is 1.63. The zero-order valence-corrected chi connectivity index (χ0v) is 13.6. The number of anilines is 1. The fourth-order valence-corrected chi connectivity index (χ4v) is 2.42. The Bertz CT molecular complexity index is 695. The van der Waals surface area contributed by atoms with Crippen molar-refractivity contribution < 1.29 is 19.4 Å². The minimum absolute atomic E-state index is 0.109. The summed E-state index contributed by atoms with van der Waals surface area (Å²) < 4.78 is 5.11. The van der Waals surface area contributed by atoms with Gasteiger partial charge in [0.25, 0.3) is 0 Å². The third-order valence-corrected chi connectivity index (χ3v) is 3.66. The molecule has 0 aliphatic rings. The lowest BCUT2D eigenvalue weighted by molar-refractivity contribution is -0.136. The number of carboxylic acid groups (broad SMARTS) is 1. The third-order valence-electron chi connectivity index (χ3n) is 3.66. The Morgan fingerprint density at radius 2 is 1.79 bits per heavy atom. The van der Waals surface area contributed by atoms with Crippen LogP contribution in [-0.4, -0.2) is 24.1 Å². The van der Waals surface area contributed by atoms with Gasteiger partial charge in [0.2, 0.25) is 5.91 Å². The number of nitrogens with one attached hydrogen (secondary N) is 1. The summed E-state index contributed by atoms with van der Waals surface area (Å²) in [6, 6.07) is 14.7. The Morgan fingerprint density at radius 3 is 2.46 bits per heavy atom. The average Bonchev–Trinajstić information content (AvgIpc) is 2.57. The topological polar surface area (TPSA) is 75.6 Å². The normalized spacial score (nSPS) is 10.2. The first-order valence-corrected chi connectivity index (χ1v) is 7.81. The summed E-state index contributed by atoms with van der Waals surface area (Å²) in [4.78, 5) is 22.9. The summed E-state index contributed by atoms with van der Waals surface area (Å²) in [5, 5.41) is 11.7. The standard InChI is InChI=1S/C19H21NO4/c1-24-16-11-9-14(10-12-16)5-4-8-18(21)20-17-7-3-2-6-15(17)13-19(22)23/h2-3,6-7,9-12H,4-5,8,13H2,1H3,(H,20,21)(H,22,23). The molecule has 0 bridgehead atoms. The van der Waals surface area contributed by atoms with Crippen molar-refractivity contribution in [1.29, 1.82) is 0 Å². The van der Waals surface area contributed by atoms with Gasteiger partial charge in [-0.25, -0.2) is 0 Å². The highest BCUT2D eigenvalue weighted by atomic mass is 16.5. The van der Waals surface area contributed by atoms with Crippen LogP contribution in [0, 0.1) is 0 Å². The molecule has 0 radical (unpaired) electrons. The second-order valence-corrected chi connectivity index (χ2v) is 5.48. The molecule has 0 aromatic heterocycles. The molecule has 126 valence electrons. The molecule has 0 heterocycles. The molecule has 0 atom stereocenters. The van der Waals surface area contributed by atoms with E-state index in [1.165, 1.54) is 0 Å². The summed E-state index contributed by atoms with van der Waals surface area (Å²) >= 11 is 0. The van der Waals surface area contributed by atoms with Gasteiger partial charge in [-0.3, -0.25) is 9.59 Å². The molecule has 0 spiro atoms. The molecular weight excluding hydrogens is 306 g/mol. The van der Waals surface area contributed by atoms with Gasteiger partial charge < -0.3 is 15.2 Å². The van der Waals surface area contributed by atoms with E-state index >= 15 is 0 Å². The Balaban J connectivity index is 1.84. The van der Waals surface area contributed by atoms with Gasteiger partial charge in [-0.2, -0.15) is 0 Å². The highest BCUT2D eigenvalue weighted by Gasteiger charge is 2.09. The van der Waals surface area contributed by atoms with E-state index in [0.29, 0.717) is 17.7 Å². The molecule has 5 heteroatoms. The Hall–Kier alpha value is -2.82. The molecule has 0 unspecified atom stereocenters. The lowest BCUT2D eigenvalue weighted by Gasteiger charge is -2.10. The van der Waals surface area contributed by atoms with Crippen molar-refractivity contribution in [2.75, 3.05) is 12.4 Å². The number of benzene rings is 2. The largest absolute Gasteiger partial charge is 0.497 e. The van der Waals surface area contributed by atoms with Gasteiger partial charge in [-0.05, 0) is 42.2 Å². The number of carbonyl (C=O) groups is 2. The minimum Gasteiger partial charge on any atom is -0.497 e. The maximum absolute atomic E-state index is 12.1. The fraction of sp³-hybridized carbons (Fsp3) is 0.263. The monoisotopic (exact) mass is 327 g/mol. The van der Waals surface area contributed by atoms with Crippen LogP contribution in [0.25, 0.3) is 0 Å². The molecule has 0 aliphatic heterocycles. The number of methoxy groups -OCH3 is 1. The number of aryl methyl sites for hydroxylation is 1. The maximum Gasteiger partial charge on any atom is 0.307 e. The zero-order valence-electron chi connectivity index (χ0n) is 13.6. The van der Waals surface area contributed by atoms with Crippen LogP contribution in [0.1, 0.15) is 24.0 Å². The molecule has 5 nitrogen and oxygen atoms in total. The molecule has 24 heavy (non-hydrogen) atoms. The molecule has 0 aliphatic carbocycles. The maximum atomic E-state index is 12.1. The van der Waals surface area contributed by atoms with Crippen LogP contribution in [0.2, 0.25) is 0 Å². The van der Waals surface area contributed by atoms with E-state index in [2.05, 4.69) is 5.32 Å². The Morgan fingerprint density at radius 1 is 1.08 bits per heavy atom. The predicted octanol–water partition coefficient (Wildman–Crippen LogP) is 3.28. The van der Waals surface area contributed by atoms with E-state index in [4.69, 9.17) is 9.84 Å². The summed E-state index contributed by atoms with van der Waals surface area (Å²) in [5.41, 5.74) is 2.32. The lowest BCUT2D eigenvalue weighted by atomic mass is 10.1. The van der Waals surface area contributed by atoms with Gasteiger partial charge in [0, 0.05) is 12.1 Å². The first-order chi connectivity index (χ1) is 11.6. The van der Waals surface area contributed by atoms with Crippen LogP contribution in [0.3, 0.4) is 0 Å². The van der Waals surface area contributed by atoms with Crippen molar-refractivity contribution in [2.24, 2.45) is 0 Å². The van der Waals surface area contributed by atoms with Gasteiger partial charge in [-0.15, -0.1) is 0 Å². The van der Waals surface area contributed by atoms with Crippen LogP contribution < -0.4 is 10.1 Å². The minimum atomic E-state index is -0.920. The number of para-hydroxylation sites is 1. The molecule has 1 amide bonds. The molecule has 0 fully saturated rings. The third kappa shape index (κ3) is 5.43. The second kappa shape index (κ2) is 8.72. The summed E-state index contributed by atoms with van der Waals surface area (Å²) in [5.74, 6) is -0.218. The van der Waals surface area contributed by atoms with E-state index in [1.807, 2.05) is 24.3 Å². The van der Waals surface area contributed by atoms with Crippen molar-refractivity contribution >= 4 is 17.6 Å². The van der Waals surface area contributed by atoms with Crippen molar-refractivity contribution in [3.8, 4) is 5.75 Å². The van der Waals surface area contributed by atoms with E-state index < -0.39 is 5.97 Å². The van der Waals surface area contributed by atoms with Crippen LogP contribution >= 0.6 is 0 Å². The van der Waals surface area contributed by atoms with E-state index in [9.17, 15) is 9.59 Å². The van der Waals surface area contributed by atoms with E-state index in [0.717, 1.165) is 24.2 Å². The molecule has 2 aromatic rings. The number of amides is 1. The second-order valence-electron chi connectivity index (χ2n) is 5.48.